The van der Waals surface area contributed by atoms with Gasteiger partial charge in [-0.25, -0.2) is 0 Å². The first-order valence-corrected chi connectivity index (χ1v) is 5.18. The van der Waals surface area contributed by atoms with Gasteiger partial charge in [-0.2, -0.15) is 8.78 Å². The highest BCUT2D eigenvalue weighted by molar-refractivity contribution is 5.79. The van der Waals surface area contributed by atoms with Gasteiger partial charge < -0.3 is 5.32 Å². The highest BCUT2D eigenvalue weighted by atomic mass is 19.3. The number of amides is 1. The third-order valence-electron chi connectivity index (χ3n) is 1.97. The molecule has 1 saturated carbocycles. The molecule has 0 spiro atoms. The minimum Gasteiger partial charge on any atom is -0.349 e. The maximum atomic E-state index is 11.7. The molecule has 1 fully saturated rings. The van der Waals surface area contributed by atoms with Crippen LogP contribution in [0.3, 0.4) is 0 Å². The van der Waals surface area contributed by atoms with E-state index in [1.807, 2.05) is 13.8 Å². The molecule has 0 bridgehead atoms. The maximum absolute atomic E-state index is 11.7. The Kier molecular flexibility index (Phi) is 6.41. The van der Waals surface area contributed by atoms with Gasteiger partial charge in [0.2, 0.25) is 0 Å². The van der Waals surface area contributed by atoms with Crippen molar-refractivity contribution in [1.82, 2.24) is 5.32 Å². The fourth-order valence-corrected chi connectivity index (χ4v) is 1.22. The molecule has 1 aliphatic rings. The summed E-state index contributed by atoms with van der Waals surface area (Å²) in [6.45, 7) is 5.76. The highest BCUT2D eigenvalue weighted by Crippen LogP contribution is 2.33. The van der Waals surface area contributed by atoms with Crippen molar-refractivity contribution in [3.05, 3.63) is 0 Å². The predicted molar refractivity (Wildman–Crippen MR) is 52.3 cm³/mol. The molecule has 1 aliphatic carbocycles. The fourth-order valence-electron chi connectivity index (χ4n) is 1.22. The summed E-state index contributed by atoms with van der Waals surface area (Å²) in [6, 6.07) is -0.112. The third kappa shape index (κ3) is 5.89. The molecule has 0 saturated heterocycles. The zero-order chi connectivity index (χ0) is 11.1. The van der Waals surface area contributed by atoms with Crippen molar-refractivity contribution in [2.75, 3.05) is 0 Å². The second kappa shape index (κ2) is 6.74. The van der Waals surface area contributed by atoms with Crippen molar-refractivity contribution in [3.8, 4) is 0 Å². The van der Waals surface area contributed by atoms with E-state index in [9.17, 15) is 13.6 Å². The summed E-state index contributed by atoms with van der Waals surface area (Å²) < 4.78 is 23.5. The molecule has 4 heteroatoms. The quantitative estimate of drug-likeness (QED) is 0.754. The van der Waals surface area contributed by atoms with Crippen LogP contribution in [0.1, 0.15) is 40.0 Å². The monoisotopic (exact) mass is 207 g/mol. The Morgan fingerprint density at radius 3 is 2.29 bits per heavy atom. The van der Waals surface area contributed by atoms with E-state index in [0.29, 0.717) is 5.92 Å². The van der Waals surface area contributed by atoms with Crippen LogP contribution in [-0.4, -0.2) is 18.4 Å². The first-order chi connectivity index (χ1) is 6.59. The number of halogens is 2. The highest BCUT2D eigenvalue weighted by Gasteiger charge is 2.25. The van der Waals surface area contributed by atoms with E-state index in [1.54, 1.807) is 6.92 Å². The second-order valence-corrected chi connectivity index (χ2v) is 3.39. The summed E-state index contributed by atoms with van der Waals surface area (Å²) >= 11 is 0. The van der Waals surface area contributed by atoms with E-state index in [0.717, 1.165) is 6.42 Å². The Balaban J connectivity index is 0.000000791. The van der Waals surface area contributed by atoms with Crippen LogP contribution in [0.2, 0.25) is 0 Å². The summed E-state index contributed by atoms with van der Waals surface area (Å²) in [5, 5.41) is 2.26. The lowest BCUT2D eigenvalue weighted by atomic mass is 10.1. The van der Waals surface area contributed by atoms with Gasteiger partial charge in [-0.1, -0.05) is 26.7 Å². The third-order valence-corrected chi connectivity index (χ3v) is 1.97. The van der Waals surface area contributed by atoms with E-state index < -0.39 is 12.3 Å². The first kappa shape index (κ1) is 13.3. The minimum absolute atomic E-state index is 0.112. The largest absolute Gasteiger partial charge is 0.349 e. The second-order valence-electron chi connectivity index (χ2n) is 3.39. The Bertz CT molecular complexity index is 170. The lowest BCUT2D eigenvalue weighted by molar-refractivity contribution is -0.132. The number of hydrogen-bond acceptors (Lipinski definition) is 1. The zero-order valence-electron chi connectivity index (χ0n) is 9.02. The van der Waals surface area contributed by atoms with E-state index in [4.69, 9.17) is 0 Å². The van der Waals surface area contributed by atoms with Gasteiger partial charge >= 0.3 is 6.43 Å². The molecular weight excluding hydrogens is 188 g/mol. The fraction of sp³-hybridized carbons (Fsp3) is 0.900. The molecule has 1 atom stereocenters. The molecule has 0 aromatic carbocycles. The molecule has 84 valence electrons. The van der Waals surface area contributed by atoms with E-state index in [1.165, 1.54) is 12.8 Å². The molecule has 14 heavy (non-hydrogen) atoms. The van der Waals surface area contributed by atoms with Gasteiger partial charge in [0.1, 0.15) is 0 Å². The van der Waals surface area contributed by atoms with Crippen molar-refractivity contribution < 1.29 is 13.6 Å². The van der Waals surface area contributed by atoms with Crippen LogP contribution in [0.5, 0.6) is 0 Å². The number of carbonyl (C=O) groups is 1. The van der Waals surface area contributed by atoms with Crippen molar-refractivity contribution in [2.45, 2.75) is 52.5 Å². The summed E-state index contributed by atoms with van der Waals surface area (Å²) in [5.41, 5.74) is 0. The molecule has 0 heterocycles. The van der Waals surface area contributed by atoms with Gasteiger partial charge in [-0.05, 0) is 19.3 Å². The number of rotatable bonds is 4. The maximum Gasteiger partial charge on any atom is 0.315 e. The molecule has 1 rings (SSSR count). The predicted octanol–water partition coefficient (Wildman–Crippen LogP) is 2.58. The van der Waals surface area contributed by atoms with Crippen LogP contribution in [-0.2, 0) is 4.79 Å². The minimum atomic E-state index is -2.88. The standard InChI is InChI=1S/C8H13F2NO.C2H6/c1-5(4-6-2-3-6)11-8(12)7(9)10;1-2/h5-7H,2-4H2,1H3,(H,11,12);1-2H3. The van der Waals surface area contributed by atoms with Crippen LogP contribution in [0.15, 0.2) is 0 Å². The molecule has 0 aromatic heterocycles. The lowest BCUT2D eigenvalue weighted by Gasteiger charge is -2.12. The summed E-state index contributed by atoms with van der Waals surface area (Å²) in [6.07, 6.45) is 0.300. The molecule has 2 nitrogen and oxygen atoms in total. The normalized spacial score (nSPS) is 17.0. The Hall–Kier alpha value is -0.670. The molecular formula is C10H19F2NO. The van der Waals surface area contributed by atoms with Crippen LogP contribution in [0.4, 0.5) is 8.78 Å². The van der Waals surface area contributed by atoms with Gasteiger partial charge in [0.25, 0.3) is 5.91 Å². The average Bonchev–Trinajstić information content (AvgIpc) is 2.91. The average molecular weight is 207 g/mol. The van der Waals surface area contributed by atoms with Crippen LogP contribution >= 0.6 is 0 Å². The van der Waals surface area contributed by atoms with Gasteiger partial charge in [-0.15, -0.1) is 0 Å². The molecule has 0 aromatic rings. The number of nitrogens with one attached hydrogen (secondary N) is 1. The summed E-state index contributed by atoms with van der Waals surface area (Å²) in [4.78, 5) is 10.5. The number of carbonyl (C=O) groups excluding carboxylic acids is 1. The Morgan fingerprint density at radius 2 is 1.93 bits per heavy atom. The van der Waals surface area contributed by atoms with E-state index in [-0.39, 0.29) is 6.04 Å². The van der Waals surface area contributed by atoms with Crippen molar-refractivity contribution >= 4 is 5.91 Å². The molecule has 1 unspecified atom stereocenters. The summed E-state index contributed by atoms with van der Waals surface area (Å²) in [7, 11) is 0. The summed E-state index contributed by atoms with van der Waals surface area (Å²) in [5.74, 6) is -0.499. The Labute approximate surface area is 84.1 Å². The lowest BCUT2D eigenvalue weighted by Crippen LogP contribution is -2.36. The van der Waals surface area contributed by atoms with Crippen LogP contribution in [0.25, 0.3) is 0 Å². The molecule has 0 radical (unpaired) electrons. The van der Waals surface area contributed by atoms with Crippen LogP contribution in [0, 0.1) is 5.92 Å². The van der Waals surface area contributed by atoms with Crippen LogP contribution < -0.4 is 5.32 Å². The number of hydrogen-bond donors (Lipinski definition) is 1. The topological polar surface area (TPSA) is 29.1 Å². The van der Waals surface area contributed by atoms with Gasteiger partial charge in [0.15, 0.2) is 0 Å². The van der Waals surface area contributed by atoms with E-state index >= 15 is 0 Å². The molecule has 1 amide bonds. The Morgan fingerprint density at radius 1 is 1.43 bits per heavy atom. The van der Waals surface area contributed by atoms with Crippen molar-refractivity contribution in [2.24, 2.45) is 5.92 Å². The van der Waals surface area contributed by atoms with Crippen molar-refractivity contribution in [3.63, 3.8) is 0 Å². The SMILES string of the molecule is CC.CC(CC1CC1)NC(=O)C(F)F. The zero-order valence-corrected chi connectivity index (χ0v) is 9.02. The van der Waals surface area contributed by atoms with Gasteiger partial charge in [0, 0.05) is 6.04 Å². The number of alkyl halides is 2. The first-order valence-electron chi connectivity index (χ1n) is 5.18. The van der Waals surface area contributed by atoms with Gasteiger partial charge in [0.05, 0.1) is 0 Å². The molecule has 1 N–H and O–H groups in total. The molecule has 0 aliphatic heterocycles. The smallest absolute Gasteiger partial charge is 0.315 e. The van der Waals surface area contributed by atoms with Gasteiger partial charge in [-0.3, -0.25) is 4.79 Å². The van der Waals surface area contributed by atoms with E-state index in [2.05, 4.69) is 5.32 Å². The van der Waals surface area contributed by atoms with Crippen molar-refractivity contribution in [1.29, 1.82) is 0 Å².